The highest BCUT2D eigenvalue weighted by atomic mass is 28.3. The van der Waals surface area contributed by atoms with Gasteiger partial charge in [0.25, 0.3) is 0 Å². The summed E-state index contributed by atoms with van der Waals surface area (Å²) in [5, 5.41) is 3.35. The van der Waals surface area contributed by atoms with Crippen molar-refractivity contribution in [1.82, 2.24) is 4.57 Å². The van der Waals surface area contributed by atoms with E-state index in [1.165, 1.54) is 25.9 Å². The fourth-order valence-corrected chi connectivity index (χ4v) is 10.4. The summed E-state index contributed by atoms with van der Waals surface area (Å²) in [7, 11) is -1.98. The summed E-state index contributed by atoms with van der Waals surface area (Å²) in [5.74, 6) is 0. The van der Waals surface area contributed by atoms with Crippen LogP contribution in [0.4, 0.5) is 0 Å². The van der Waals surface area contributed by atoms with Crippen LogP contribution in [0.5, 0.6) is 0 Å². The molecule has 1 heterocycles. The third-order valence-corrected chi connectivity index (χ3v) is 11.0. The van der Waals surface area contributed by atoms with Gasteiger partial charge in [0.1, 0.15) is 0 Å². The minimum absolute atomic E-state index is 0.250. The summed E-state index contributed by atoms with van der Waals surface area (Å²) in [6.07, 6.45) is 2.68. The first-order valence-electron chi connectivity index (χ1n) is 8.43. The van der Waals surface area contributed by atoms with E-state index < -0.39 is 8.24 Å². The van der Waals surface area contributed by atoms with Crippen LogP contribution in [0.2, 0.25) is 5.04 Å². The third-order valence-electron chi connectivity index (χ3n) is 5.05. The van der Waals surface area contributed by atoms with Crippen LogP contribution in [0.15, 0.2) is 60.7 Å². The Morgan fingerprint density at radius 2 is 1.14 bits per heavy atom. The third kappa shape index (κ3) is 2.44. The largest absolute Gasteiger partial charge is 0.316 e. The van der Waals surface area contributed by atoms with Crippen LogP contribution in [0.25, 0.3) is 0 Å². The zero-order valence-electron chi connectivity index (χ0n) is 14.0. The molecule has 1 aliphatic heterocycles. The highest BCUT2D eigenvalue weighted by Crippen LogP contribution is 2.39. The zero-order chi connectivity index (χ0) is 15.6. The predicted octanol–water partition coefficient (Wildman–Crippen LogP) is 3.64. The van der Waals surface area contributed by atoms with E-state index in [0.29, 0.717) is 0 Å². The van der Waals surface area contributed by atoms with Gasteiger partial charge in [-0.05, 0) is 41.3 Å². The molecule has 22 heavy (non-hydrogen) atoms. The molecule has 0 aliphatic carbocycles. The SMILES string of the molecule is CC(C)(C)[Si](c1ccccc1)(c1ccccc1)N1CCCC1. The Bertz CT molecular complexity index is 555. The molecule has 2 heteroatoms. The second-order valence-electron chi connectivity index (χ2n) is 7.39. The monoisotopic (exact) mass is 309 g/mol. The number of rotatable bonds is 3. The fraction of sp³-hybridized carbons (Fsp3) is 0.400. The van der Waals surface area contributed by atoms with E-state index in [1.807, 2.05) is 0 Å². The highest BCUT2D eigenvalue weighted by molar-refractivity contribution is 7.02. The Morgan fingerprint density at radius 1 is 0.727 bits per heavy atom. The van der Waals surface area contributed by atoms with Gasteiger partial charge >= 0.3 is 0 Å². The van der Waals surface area contributed by atoms with Crippen molar-refractivity contribution in [1.29, 1.82) is 0 Å². The lowest BCUT2D eigenvalue weighted by molar-refractivity contribution is 0.491. The van der Waals surface area contributed by atoms with Crippen LogP contribution in [0.1, 0.15) is 33.6 Å². The molecule has 1 nitrogen and oxygen atoms in total. The van der Waals surface area contributed by atoms with Crippen molar-refractivity contribution in [3.8, 4) is 0 Å². The van der Waals surface area contributed by atoms with E-state index in [9.17, 15) is 0 Å². The van der Waals surface area contributed by atoms with Gasteiger partial charge in [-0.15, -0.1) is 0 Å². The van der Waals surface area contributed by atoms with Crippen molar-refractivity contribution in [2.75, 3.05) is 13.1 Å². The minimum atomic E-state index is -1.98. The van der Waals surface area contributed by atoms with Crippen LogP contribution < -0.4 is 10.4 Å². The van der Waals surface area contributed by atoms with E-state index in [0.717, 1.165) is 0 Å². The lowest BCUT2D eigenvalue weighted by Crippen LogP contribution is -2.74. The molecule has 1 saturated heterocycles. The highest BCUT2D eigenvalue weighted by Gasteiger charge is 2.52. The quantitative estimate of drug-likeness (QED) is 0.783. The molecule has 0 saturated carbocycles. The molecule has 0 radical (unpaired) electrons. The molecule has 0 unspecified atom stereocenters. The first kappa shape index (κ1) is 15.5. The molecule has 1 aliphatic rings. The summed E-state index contributed by atoms with van der Waals surface area (Å²) < 4.78 is 2.84. The van der Waals surface area contributed by atoms with Gasteiger partial charge in [0, 0.05) is 0 Å². The second kappa shape index (κ2) is 6.02. The average Bonchev–Trinajstić information content (AvgIpc) is 3.03. The smallest absolute Gasteiger partial charge is 0.198 e. The summed E-state index contributed by atoms with van der Waals surface area (Å²) >= 11 is 0. The van der Waals surface area contributed by atoms with Gasteiger partial charge in [-0.1, -0.05) is 81.4 Å². The van der Waals surface area contributed by atoms with Gasteiger partial charge in [-0.3, -0.25) is 0 Å². The van der Waals surface area contributed by atoms with E-state index in [2.05, 4.69) is 86.0 Å². The van der Waals surface area contributed by atoms with Crippen molar-refractivity contribution >= 4 is 18.6 Å². The van der Waals surface area contributed by atoms with E-state index in [-0.39, 0.29) is 5.04 Å². The summed E-state index contributed by atoms with van der Waals surface area (Å²) in [6, 6.07) is 22.6. The van der Waals surface area contributed by atoms with Crippen LogP contribution >= 0.6 is 0 Å². The van der Waals surface area contributed by atoms with Crippen LogP contribution in [0, 0.1) is 0 Å². The van der Waals surface area contributed by atoms with Crippen molar-refractivity contribution in [2.45, 2.75) is 38.7 Å². The molecule has 0 amide bonds. The molecule has 0 atom stereocenters. The zero-order valence-corrected chi connectivity index (χ0v) is 15.0. The number of hydrogen-bond donors (Lipinski definition) is 0. The molecular formula is C20H27NSi. The first-order valence-corrected chi connectivity index (χ1v) is 10.4. The molecule has 0 N–H and O–H groups in total. The van der Waals surface area contributed by atoms with Crippen LogP contribution in [0.3, 0.4) is 0 Å². The maximum Gasteiger partial charge on any atom is 0.198 e. The second-order valence-corrected chi connectivity index (χ2v) is 12.1. The molecule has 2 aromatic carbocycles. The van der Waals surface area contributed by atoms with Crippen molar-refractivity contribution < 1.29 is 0 Å². The standard InChI is InChI=1S/C20H27NSi/c1-20(2,3)22(21-16-10-11-17-21,18-12-6-4-7-13-18)19-14-8-5-9-15-19/h4-9,12-15H,10-11,16-17H2,1-3H3. The van der Waals surface area contributed by atoms with E-state index in [1.54, 1.807) is 10.4 Å². The first-order chi connectivity index (χ1) is 10.6. The van der Waals surface area contributed by atoms with Crippen molar-refractivity contribution in [3.63, 3.8) is 0 Å². The fourth-order valence-electron chi connectivity index (χ4n) is 4.28. The normalized spacial score (nSPS) is 16.9. The van der Waals surface area contributed by atoms with Gasteiger partial charge < -0.3 is 4.57 Å². The van der Waals surface area contributed by atoms with Gasteiger partial charge in [-0.2, -0.15) is 0 Å². The lowest BCUT2D eigenvalue weighted by atomic mass is 10.2. The van der Waals surface area contributed by atoms with E-state index in [4.69, 9.17) is 0 Å². The molecule has 0 spiro atoms. The molecule has 0 aromatic heterocycles. The Labute approximate surface area is 136 Å². The maximum atomic E-state index is 2.84. The van der Waals surface area contributed by atoms with Crippen molar-refractivity contribution in [2.24, 2.45) is 0 Å². The summed E-state index contributed by atoms with van der Waals surface area (Å²) in [5.41, 5.74) is 0. The molecular weight excluding hydrogens is 282 g/mol. The van der Waals surface area contributed by atoms with E-state index >= 15 is 0 Å². The maximum absolute atomic E-state index is 2.84. The average molecular weight is 310 g/mol. The Hall–Kier alpha value is -1.38. The predicted molar refractivity (Wildman–Crippen MR) is 98.4 cm³/mol. The van der Waals surface area contributed by atoms with Crippen LogP contribution in [-0.4, -0.2) is 25.9 Å². The lowest BCUT2D eigenvalue weighted by Gasteiger charge is -2.49. The summed E-state index contributed by atoms with van der Waals surface area (Å²) in [4.78, 5) is 0. The molecule has 3 rings (SSSR count). The number of hydrogen-bond acceptors (Lipinski definition) is 1. The molecule has 2 aromatic rings. The molecule has 0 bridgehead atoms. The van der Waals surface area contributed by atoms with Crippen molar-refractivity contribution in [3.05, 3.63) is 60.7 Å². The topological polar surface area (TPSA) is 3.24 Å². The summed E-state index contributed by atoms with van der Waals surface area (Å²) in [6.45, 7) is 9.81. The van der Waals surface area contributed by atoms with Gasteiger partial charge in [0.05, 0.1) is 0 Å². The van der Waals surface area contributed by atoms with Gasteiger partial charge in [0.2, 0.25) is 0 Å². The Balaban J connectivity index is 2.28. The Kier molecular flexibility index (Phi) is 4.24. The molecule has 116 valence electrons. The Morgan fingerprint density at radius 3 is 1.50 bits per heavy atom. The van der Waals surface area contributed by atoms with Gasteiger partial charge in [-0.25, -0.2) is 0 Å². The number of nitrogens with zero attached hydrogens (tertiary/aromatic N) is 1. The van der Waals surface area contributed by atoms with Crippen LogP contribution in [-0.2, 0) is 0 Å². The molecule has 1 fully saturated rings. The van der Waals surface area contributed by atoms with Gasteiger partial charge in [0.15, 0.2) is 8.24 Å². The number of benzene rings is 2. The minimum Gasteiger partial charge on any atom is -0.316 e.